The predicted octanol–water partition coefficient (Wildman–Crippen LogP) is 4.54. The van der Waals surface area contributed by atoms with Gasteiger partial charge in [-0.05, 0) is 54.7 Å². The first-order valence-electron chi connectivity index (χ1n) is 9.82. The fraction of sp³-hybridized carbons (Fsp3) is 0.333. The molecule has 0 aliphatic rings. The van der Waals surface area contributed by atoms with Gasteiger partial charge in [-0.25, -0.2) is 4.79 Å². The Labute approximate surface area is 177 Å². The van der Waals surface area contributed by atoms with Crippen molar-refractivity contribution in [2.75, 3.05) is 25.6 Å². The smallest absolute Gasteiger partial charge is 0.331 e. The van der Waals surface area contributed by atoms with Crippen molar-refractivity contribution in [2.45, 2.75) is 27.7 Å². The Balaban J connectivity index is 1.90. The third kappa shape index (κ3) is 6.95. The van der Waals surface area contributed by atoms with Gasteiger partial charge in [-0.15, -0.1) is 0 Å². The summed E-state index contributed by atoms with van der Waals surface area (Å²) in [5.74, 6) is 0.637. The summed E-state index contributed by atoms with van der Waals surface area (Å²) in [6.45, 7) is 8.18. The summed E-state index contributed by atoms with van der Waals surface area (Å²) in [6, 6.07) is 11.1. The number of ether oxygens (including phenoxy) is 3. The van der Waals surface area contributed by atoms with E-state index in [9.17, 15) is 9.59 Å². The number of amides is 1. The molecule has 0 aromatic heterocycles. The van der Waals surface area contributed by atoms with Crippen LogP contribution in [-0.4, -0.2) is 32.2 Å². The average Bonchev–Trinajstić information content (AvgIpc) is 2.72. The number of hydrogen-bond acceptors (Lipinski definition) is 5. The maximum atomic E-state index is 12.1. The van der Waals surface area contributed by atoms with Gasteiger partial charge in [0.25, 0.3) is 5.91 Å². The van der Waals surface area contributed by atoms with E-state index < -0.39 is 5.97 Å². The van der Waals surface area contributed by atoms with Crippen molar-refractivity contribution in [2.24, 2.45) is 5.92 Å². The topological polar surface area (TPSA) is 73.9 Å². The number of carbonyl (C=O) groups is 2. The molecular weight excluding hydrogens is 382 g/mol. The molecule has 160 valence electrons. The number of esters is 1. The first-order chi connectivity index (χ1) is 14.3. The molecule has 2 aromatic rings. The number of rotatable bonds is 9. The number of benzene rings is 2. The van der Waals surface area contributed by atoms with Gasteiger partial charge >= 0.3 is 5.97 Å². The van der Waals surface area contributed by atoms with Gasteiger partial charge in [0.15, 0.2) is 18.1 Å². The van der Waals surface area contributed by atoms with E-state index in [1.165, 1.54) is 6.08 Å². The Morgan fingerprint density at radius 2 is 1.77 bits per heavy atom. The average molecular weight is 411 g/mol. The molecule has 1 amide bonds. The van der Waals surface area contributed by atoms with Crippen LogP contribution in [0.15, 0.2) is 42.5 Å². The van der Waals surface area contributed by atoms with Crippen molar-refractivity contribution in [3.8, 4) is 11.5 Å². The fourth-order valence-corrected chi connectivity index (χ4v) is 2.70. The van der Waals surface area contributed by atoms with Crippen molar-refractivity contribution in [1.29, 1.82) is 0 Å². The quantitative estimate of drug-likeness (QED) is 0.484. The fourth-order valence-electron chi connectivity index (χ4n) is 2.70. The van der Waals surface area contributed by atoms with Crippen LogP contribution >= 0.6 is 0 Å². The highest BCUT2D eigenvalue weighted by molar-refractivity contribution is 5.95. The van der Waals surface area contributed by atoms with Crippen LogP contribution in [0, 0.1) is 19.8 Å². The number of anilines is 1. The second-order valence-electron chi connectivity index (χ2n) is 7.37. The highest BCUT2D eigenvalue weighted by Gasteiger charge is 2.10. The third-order valence-electron chi connectivity index (χ3n) is 4.26. The lowest BCUT2D eigenvalue weighted by atomic mass is 10.1. The Morgan fingerprint density at radius 3 is 2.40 bits per heavy atom. The zero-order valence-electron chi connectivity index (χ0n) is 18.2. The summed E-state index contributed by atoms with van der Waals surface area (Å²) in [5.41, 5.74) is 3.38. The van der Waals surface area contributed by atoms with E-state index in [1.807, 2.05) is 38.1 Å². The Bertz CT molecular complexity index is 898. The molecule has 0 aliphatic carbocycles. The maximum Gasteiger partial charge on any atom is 0.331 e. The van der Waals surface area contributed by atoms with Crippen LogP contribution in [0.1, 0.15) is 30.5 Å². The van der Waals surface area contributed by atoms with Crippen LogP contribution < -0.4 is 14.8 Å². The lowest BCUT2D eigenvalue weighted by Crippen LogP contribution is -2.21. The van der Waals surface area contributed by atoms with Gasteiger partial charge < -0.3 is 19.5 Å². The Hall–Kier alpha value is -3.28. The van der Waals surface area contributed by atoms with Crippen molar-refractivity contribution < 1.29 is 23.8 Å². The summed E-state index contributed by atoms with van der Waals surface area (Å²) in [4.78, 5) is 24.0. The second-order valence-corrected chi connectivity index (χ2v) is 7.37. The maximum absolute atomic E-state index is 12.1. The van der Waals surface area contributed by atoms with Crippen molar-refractivity contribution >= 4 is 23.6 Å². The number of aryl methyl sites for hydroxylation is 2. The summed E-state index contributed by atoms with van der Waals surface area (Å²) in [7, 11) is 1.56. The molecule has 0 saturated carbocycles. The molecule has 0 aliphatic heterocycles. The molecule has 0 bridgehead atoms. The lowest BCUT2D eigenvalue weighted by molar-refractivity contribution is -0.142. The van der Waals surface area contributed by atoms with E-state index in [0.717, 1.165) is 22.4 Å². The van der Waals surface area contributed by atoms with Gasteiger partial charge in [-0.1, -0.05) is 38.1 Å². The van der Waals surface area contributed by atoms with E-state index in [2.05, 4.69) is 19.2 Å². The summed E-state index contributed by atoms with van der Waals surface area (Å²) < 4.78 is 16.1. The number of carbonyl (C=O) groups excluding carboxylic acids is 2. The van der Waals surface area contributed by atoms with Crippen LogP contribution in [-0.2, 0) is 14.3 Å². The van der Waals surface area contributed by atoms with Crippen LogP contribution in [0.3, 0.4) is 0 Å². The number of para-hydroxylation sites is 1. The standard InChI is InChI=1S/C24H29NO5/c1-16(2)14-29-20-11-9-19(13-21(20)28-5)10-12-23(27)30-15-22(26)25-24-17(3)7-6-8-18(24)4/h6-13,16H,14-15H2,1-5H3,(H,25,26)/b12-10+. The van der Waals surface area contributed by atoms with Gasteiger partial charge in [0, 0.05) is 11.8 Å². The molecule has 0 radical (unpaired) electrons. The highest BCUT2D eigenvalue weighted by atomic mass is 16.5. The minimum Gasteiger partial charge on any atom is -0.493 e. The predicted molar refractivity (Wildman–Crippen MR) is 118 cm³/mol. The molecule has 1 N–H and O–H groups in total. The molecule has 0 unspecified atom stereocenters. The minimum atomic E-state index is -0.606. The summed E-state index contributed by atoms with van der Waals surface area (Å²) in [6.07, 6.45) is 2.87. The second kappa shape index (κ2) is 11.0. The van der Waals surface area contributed by atoms with Crippen molar-refractivity contribution in [1.82, 2.24) is 0 Å². The zero-order chi connectivity index (χ0) is 22.1. The van der Waals surface area contributed by atoms with Gasteiger partial charge in [-0.2, -0.15) is 0 Å². The van der Waals surface area contributed by atoms with E-state index in [1.54, 1.807) is 25.3 Å². The van der Waals surface area contributed by atoms with Crippen molar-refractivity contribution in [3.63, 3.8) is 0 Å². The molecule has 0 saturated heterocycles. The van der Waals surface area contributed by atoms with E-state index >= 15 is 0 Å². The monoisotopic (exact) mass is 411 g/mol. The molecule has 0 atom stereocenters. The summed E-state index contributed by atoms with van der Waals surface area (Å²) >= 11 is 0. The van der Waals surface area contributed by atoms with Gasteiger partial charge in [0.05, 0.1) is 13.7 Å². The van der Waals surface area contributed by atoms with Crippen LogP contribution in [0.25, 0.3) is 6.08 Å². The van der Waals surface area contributed by atoms with Gasteiger partial charge in [0.2, 0.25) is 0 Å². The molecule has 2 aromatic carbocycles. The molecule has 6 heteroatoms. The van der Waals surface area contributed by atoms with Crippen LogP contribution in [0.5, 0.6) is 11.5 Å². The molecule has 0 fully saturated rings. The molecule has 6 nitrogen and oxygen atoms in total. The SMILES string of the molecule is COc1cc(/C=C/C(=O)OCC(=O)Nc2c(C)cccc2C)ccc1OCC(C)C. The van der Waals surface area contributed by atoms with E-state index in [0.29, 0.717) is 24.0 Å². The normalized spacial score (nSPS) is 10.9. The molecule has 30 heavy (non-hydrogen) atoms. The minimum absolute atomic E-state index is 0.359. The number of methoxy groups -OCH3 is 1. The van der Waals surface area contributed by atoms with Gasteiger partial charge in [0.1, 0.15) is 0 Å². The zero-order valence-corrected chi connectivity index (χ0v) is 18.2. The van der Waals surface area contributed by atoms with Crippen LogP contribution in [0.4, 0.5) is 5.69 Å². The van der Waals surface area contributed by atoms with Crippen molar-refractivity contribution in [3.05, 3.63) is 59.2 Å². The molecule has 0 spiro atoms. The Morgan fingerprint density at radius 1 is 1.07 bits per heavy atom. The largest absolute Gasteiger partial charge is 0.493 e. The third-order valence-corrected chi connectivity index (χ3v) is 4.26. The first kappa shape index (κ1) is 23.0. The van der Waals surface area contributed by atoms with E-state index in [4.69, 9.17) is 14.2 Å². The van der Waals surface area contributed by atoms with Crippen LogP contribution in [0.2, 0.25) is 0 Å². The Kier molecular flexibility index (Phi) is 8.47. The van der Waals surface area contributed by atoms with E-state index in [-0.39, 0.29) is 12.5 Å². The van der Waals surface area contributed by atoms with Gasteiger partial charge in [-0.3, -0.25) is 4.79 Å². The number of hydrogen-bond donors (Lipinski definition) is 1. The molecule has 0 heterocycles. The summed E-state index contributed by atoms with van der Waals surface area (Å²) in [5, 5.41) is 2.78. The first-order valence-corrected chi connectivity index (χ1v) is 9.82. The highest BCUT2D eigenvalue weighted by Crippen LogP contribution is 2.29. The lowest BCUT2D eigenvalue weighted by Gasteiger charge is -2.12. The molecule has 2 rings (SSSR count). The molecular formula is C24H29NO5. The number of nitrogens with one attached hydrogen (secondary N) is 1.